The molecule has 1 saturated carbocycles. The lowest BCUT2D eigenvalue weighted by Crippen LogP contribution is -2.44. The lowest BCUT2D eigenvalue weighted by atomic mass is 9.87. The van der Waals surface area contributed by atoms with Crippen molar-refractivity contribution < 1.29 is 19.1 Å². The molecule has 0 spiro atoms. The molecule has 196 valence electrons. The zero-order chi connectivity index (χ0) is 26.2. The summed E-state index contributed by atoms with van der Waals surface area (Å²) in [5, 5.41) is 0. The average Bonchev–Trinajstić information content (AvgIpc) is 2.94. The quantitative estimate of drug-likeness (QED) is 0.363. The van der Waals surface area contributed by atoms with E-state index in [9.17, 15) is 14.4 Å². The highest BCUT2D eigenvalue weighted by Gasteiger charge is 2.31. The van der Waals surface area contributed by atoms with Gasteiger partial charge in [0.05, 0.1) is 7.11 Å². The zero-order valence-electron chi connectivity index (χ0n) is 22.0. The fourth-order valence-corrected chi connectivity index (χ4v) is 5.51. The Morgan fingerprint density at radius 3 is 2.35 bits per heavy atom. The number of carbonyl (C=O) groups excluding carboxylic acids is 3. The van der Waals surface area contributed by atoms with E-state index < -0.39 is 5.97 Å². The molecule has 0 radical (unpaired) electrons. The number of anilines is 1. The van der Waals surface area contributed by atoms with Crippen LogP contribution in [-0.4, -0.2) is 49.4 Å². The van der Waals surface area contributed by atoms with Crippen LogP contribution >= 0.6 is 0 Å². The fourth-order valence-electron chi connectivity index (χ4n) is 5.51. The largest absolute Gasteiger partial charge is 0.466 e. The minimum atomic E-state index is -0.407. The molecule has 1 aliphatic heterocycles. The molecule has 2 aromatic carbocycles. The summed E-state index contributed by atoms with van der Waals surface area (Å²) in [4.78, 5) is 42.3. The van der Waals surface area contributed by atoms with Crippen molar-refractivity contribution in [2.75, 3.05) is 31.6 Å². The van der Waals surface area contributed by atoms with E-state index in [4.69, 9.17) is 4.74 Å². The van der Waals surface area contributed by atoms with Gasteiger partial charge in [-0.15, -0.1) is 0 Å². The molecule has 4 rings (SSSR count). The molecule has 6 heteroatoms. The Labute approximate surface area is 220 Å². The van der Waals surface area contributed by atoms with Crippen LogP contribution in [0.4, 0.5) is 5.69 Å². The Bertz CT molecular complexity index is 1110. The van der Waals surface area contributed by atoms with Gasteiger partial charge in [0.15, 0.2) is 0 Å². The van der Waals surface area contributed by atoms with Gasteiger partial charge in [-0.1, -0.05) is 43.5 Å². The predicted molar refractivity (Wildman–Crippen MR) is 146 cm³/mol. The van der Waals surface area contributed by atoms with Crippen LogP contribution in [0.15, 0.2) is 54.6 Å². The first kappa shape index (κ1) is 26.6. The van der Waals surface area contributed by atoms with Crippen LogP contribution in [0, 0.1) is 18.8 Å². The second kappa shape index (κ2) is 12.7. The number of ether oxygens (including phenoxy) is 1. The predicted octanol–water partition coefficient (Wildman–Crippen LogP) is 5.65. The summed E-state index contributed by atoms with van der Waals surface area (Å²) in [7, 11) is 1.36. The molecular weight excluding hydrogens is 464 g/mol. The summed E-state index contributed by atoms with van der Waals surface area (Å²) in [5.74, 6) is 0.255. The number of aryl methyl sites for hydroxylation is 1. The van der Waals surface area contributed by atoms with Crippen LogP contribution in [0.5, 0.6) is 0 Å². The number of amides is 2. The van der Waals surface area contributed by atoms with Crippen molar-refractivity contribution >= 4 is 29.5 Å². The zero-order valence-corrected chi connectivity index (χ0v) is 22.0. The normalized spacial score (nSPS) is 17.1. The highest BCUT2D eigenvalue weighted by molar-refractivity contribution is 5.96. The number of nitrogens with zero attached hydrogens (tertiary/aromatic N) is 2. The standard InChI is InChI=1S/C31H38N2O4/c1-23-19-25(13-14-29(34)37-2)21-28(20-23)33(31(36)27-11-7-4-8-12-27)22-24-15-17-32(18-16-24)30(35)26-9-5-3-6-10-26/h3,5-6,9-10,13-14,19-21,24,27H,4,7-8,11-12,15-18,22H2,1-2H3/b14-13+. The molecule has 37 heavy (non-hydrogen) atoms. The van der Waals surface area contributed by atoms with Crippen molar-refractivity contribution in [2.24, 2.45) is 11.8 Å². The molecule has 0 atom stereocenters. The Morgan fingerprint density at radius 2 is 1.68 bits per heavy atom. The van der Waals surface area contributed by atoms with Gasteiger partial charge in [0.25, 0.3) is 5.91 Å². The SMILES string of the molecule is COC(=O)/C=C/c1cc(C)cc(N(CC2CCN(C(=O)c3ccccc3)CC2)C(=O)C2CCCCC2)c1. The van der Waals surface area contributed by atoms with Gasteiger partial charge in [0.2, 0.25) is 5.91 Å². The first-order valence-corrected chi connectivity index (χ1v) is 13.5. The molecule has 1 heterocycles. The number of hydrogen-bond acceptors (Lipinski definition) is 4. The van der Waals surface area contributed by atoms with Crippen LogP contribution in [0.1, 0.15) is 66.4 Å². The summed E-state index contributed by atoms with van der Waals surface area (Å²) in [6, 6.07) is 15.5. The van der Waals surface area contributed by atoms with Gasteiger partial charge in [-0.2, -0.15) is 0 Å². The van der Waals surface area contributed by atoms with Crippen LogP contribution < -0.4 is 4.90 Å². The van der Waals surface area contributed by atoms with E-state index in [0.717, 1.165) is 60.9 Å². The first-order valence-electron chi connectivity index (χ1n) is 13.5. The molecule has 0 bridgehead atoms. The first-order chi connectivity index (χ1) is 17.9. The van der Waals surface area contributed by atoms with E-state index in [1.807, 2.05) is 59.2 Å². The summed E-state index contributed by atoms with van der Waals surface area (Å²) in [6.45, 7) is 4.05. The van der Waals surface area contributed by atoms with E-state index in [0.29, 0.717) is 25.6 Å². The third-order valence-corrected chi connectivity index (χ3v) is 7.59. The number of benzene rings is 2. The van der Waals surface area contributed by atoms with Crippen molar-refractivity contribution in [3.8, 4) is 0 Å². The summed E-state index contributed by atoms with van der Waals surface area (Å²) in [5.41, 5.74) is 3.50. The minimum Gasteiger partial charge on any atom is -0.466 e. The van der Waals surface area contributed by atoms with Crippen molar-refractivity contribution in [3.05, 3.63) is 71.3 Å². The maximum Gasteiger partial charge on any atom is 0.330 e. The minimum absolute atomic E-state index is 0.0584. The molecule has 6 nitrogen and oxygen atoms in total. The Kier molecular flexibility index (Phi) is 9.15. The highest BCUT2D eigenvalue weighted by Crippen LogP contribution is 2.31. The molecule has 0 unspecified atom stereocenters. The third-order valence-electron chi connectivity index (χ3n) is 7.59. The van der Waals surface area contributed by atoms with E-state index in [2.05, 4.69) is 6.07 Å². The molecule has 2 aromatic rings. The van der Waals surface area contributed by atoms with E-state index in [1.54, 1.807) is 6.08 Å². The topological polar surface area (TPSA) is 66.9 Å². The van der Waals surface area contributed by atoms with Gasteiger partial charge in [0, 0.05) is 42.9 Å². The number of esters is 1. The Balaban J connectivity index is 1.51. The number of carbonyl (C=O) groups is 3. The number of methoxy groups -OCH3 is 1. The van der Waals surface area contributed by atoms with Gasteiger partial charge in [-0.05, 0) is 80.0 Å². The maximum atomic E-state index is 13.8. The van der Waals surface area contributed by atoms with Gasteiger partial charge in [-0.25, -0.2) is 4.79 Å². The average molecular weight is 503 g/mol. The van der Waals surface area contributed by atoms with Gasteiger partial charge in [0.1, 0.15) is 0 Å². The summed E-state index contributed by atoms with van der Waals surface area (Å²) in [6.07, 6.45) is 10.2. The summed E-state index contributed by atoms with van der Waals surface area (Å²) < 4.78 is 4.73. The van der Waals surface area contributed by atoms with Gasteiger partial charge < -0.3 is 14.5 Å². The molecule has 2 fully saturated rings. The monoisotopic (exact) mass is 502 g/mol. The molecule has 1 saturated heterocycles. The molecule has 0 aromatic heterocycles. The van der Waals surface area contributed by atoms with Crippen molar-refractivity contribution in [1.82, 2.24) is 4.90 Å². The van der Waals surface area contributed by atoms with Crippen LogP contribution in [0.3, 0.4) is 0 Å². The number of piperidine rings is 1. The molecule has 2 aliphatic rings. The van der Waals surface area contributed by atoms with E-state index in [1.165, 1.54) is 19.6 Å². The molecular formula is C31H38N2O4. The van der Waals surface area contributed by atoms with Gasteiger partial charge >= 0.3 is 5.97 Å². The van der Waals surface area contributed by atoms with Gasteiger partial charge in [-0.3, -0.25) is 9.59 Å². The summed E-state index contributed by atoms with van der Waals surface area (Å²) >= 11 is 0. The highest BCUT2D eigenvalue weighted by atomic mass is 16.5. The Morgan fingerprint density at radius 1 is 0.973 bits per heavy atom. The lowest BCUT2D eigenvalue weighted by molar-refractivity contribution is -0.134. The maximum absolute atomic E-state index is 13.8. The number of hydrogen-bond donors (Lipinski definition) is 0. The van der Waals surface area contributed by atoms with Crippen molar-refractivity contribution in [2.45, 2.75) is 51.9 Å². The molecule has 1 aliphatic carbocycles. The van der Waals surface area contributed by atoms with Crippen LogP contribution in [0.25, 0.3) is 6.08 Å². The van der Waals surface area contributed by atoms with Crippen molar-refractivity contribution in [3.63, 3.8) is 0 Å². The number of likely N-dealkylation sites (tertiary alicyclic amines) is 1. The Hall–Kier alpha value is -3.41. The van der Waals surface area contributed by atoms with Crippen molar-refractivity contribution in [1.29, 1.82) is 0 Å². The smallest absolute Gasteiger partial charge is 0.330 e. The third kappa shape index (κ3) is 7.09. The second-order valence-electron chi connectivity index (χ2n) is 10.3. The van der Waals surface area contributed by atoms with E-state index in [-0.39, 0.29) is 17.7 Å². The van der Waals surface area contributed by atoms with Crippen LogP contribution in [0.2, 0.25) is 0 Å². The molecule has 2 amide bonds. The molecule has 0 N–H and O–H groups in total. The number of rotatable bonds is 7. The lowest BCUT2D eigenvalue weighted by Gasteiger charge is -2.36. The van der Waals surface area contributed by atoms with E-state index >= 15 is 0 Å². The second-order valence-corrected chi connectivity index (χ2v) is 10.3. The fraction of sp³-hybridized carbons (Fsp3) is 0.452. The van der Waals surface area contributed by atoms with Crippen LogP contribution in [-0.2, 0) is 14.3 Å².